The van der Waals surface area contributed by atoms with Crippen molar-refractivity contribution >= 4 is 10.2 Å². The lowest BCUT2D eigenvalue weighted by Crippen LogP contribution is -2.40. The maximum absolute atomic E-state index is 11.7. The van der Waals surface area contributed by atoms with Crippen LogP contribution in [0, 0.1) is 0 Å². The van der Waals surface area contributed by atoms with Gasteiger partial charge in [-0.2, -0.15) is 30.6 Å². The first-order chi connectivity index (χ1) is 8.19. The molecule has 0 aliphatic rings. The van der Waals surface area contributed by atoms with Gasteiger partial charge in [0.25, 0.3) is 10.2 Å². The van der Waals surface area contributed by atoms with Gasteiger partial charge in [0.1, 0.15) is 6.61 Å². The molecule has 0 fully saturated rings. The molecule has 0 aromatic rings. The SMILES string of the molecule is CN(CCCO)S(=O)(=O)NCCOCC(F)(F)F. The third-order valence-electron chi connectivity index (χ3n) is 1.84. The fourth-order valence-electron chi connectivity index (χ4n) is 0.954. The Kier molecular flexibility index (Phi) is 7.71. The van der Waals surface area contributed by atoms with E-state index in [9.17, 15) is 21.6 Å². The molecule has 110 valence electrons. The third kappa shape index (κ3) is 8.64. The average molecular weight is 294 g/mol. The van der Waals surface area contributed by atoms with Crippen molar-refractivity contribution in [3.8, 4) is 0 Å². The van der Waals surface area contributed by atoms with Gasteiger partial charge in [0.05, 0.1) is 6.61 Å². The second-order valence-electron chi connectivity index (χ2n) is 3.47. The number of ether oxygens (including phenoxy) is 1. The maximum atomic E-state index is 11.7. The zero-order valence-electron chi connectivity index (χ0n) is 9.90. The molecule has 0 rings (SSSR count). The summed E-state index contributed by atoms with van der Waals surface area (Å²) in [6.45, 7) is -2.05. The predicted octanol–water partition coefficient (Wildman–Crippen LogP) is -0.286. The molecule has 0 aliphatic heterocycles. The van der Waals surface area contributed by atoms with Crippen molar-refractivity contribution in [3.63, 3.8) is 0 Å². The van der Waals surface area contributed by atoms with E-state index in [4.69, 9.17) is 5.11 Å². The second kappa shape index (κ2) is 7.89. The first kappa shape index (κ1) is 17.6. The van der Waals surface area contributed by atoms with E-state index >= 15 is 0 Å². The van der Waals surface area contributed by atoms with Crippen LogP contribution in [0.25, 0.3) is 0 Å². The molecule has 0 aliphatic carbocycles. The summed E-state index contributed by atoms with van der Waals surface area (Å²) >= 11 is 0. The molecule has 10 heteroatoms. The second-order valence-corrected chi connectivity index (χ2v) is 5.33. The van der Waals surface area contributed by atoms with Crippen LogP contribution in [-0.4, -0.2) is 64.0 Å². The van der Waals surface area contributed by atoms with E-state index in [0.29, 0.717) is 0 Å². The summed E-state index contributed by atoms with van der Waals surface area (Å²) in [5.41, 5.74) is 0. The normalized spacial score (nSPS) is 13.2. The topological polar surface area (TPSA) is 78.9 Å². The Morgan fingerprint density at radius 2 is 2.00 bits per heavy atom. The largest absolute Gasteiger partial charge is 0.411 e. The fourth-order valence-corrected chi connectivity index (χ4v) is 1.89. The number of hydrogen-bond acceptors (Lipinski definition) is 4. The van der Waals surface area contributed by atoms with Crippen molar-refractivity contribution in [2.24, 2.45) is 0 Å². The molecular formula is C8H17F3N2O4S. The summed E-state index contributed by atoms with van der Waals surface area (Å²) in [6, 6.07) is 0. The van der Waals surface area contributed by atoms with Crippen molar-refractivity contribution in [1.29, 1.82) is 0 Å². The highest BCUT2D eigenvalue weighted by Gasteiger charge is 2.27. The highest BCUT2D eigenvalue weighted by molar-refractivity contribution is 7.87. The molecule has 0 unspecified atom stereocenters. The number of hydrogen-bond donors (Lipinski definition) is 2. The van der Waals surface area contributed by atoms with E-state index in [1.807, 2.05) is 0 Å². The van der Waals surface area contributed by atoms with E-state index in [2.05, 4.69) is 9.46 Å². The Hall–Kier alpha value is -0.420. The lowest BCUT2D eigenvalue weighted by atomic mass is 10.5. The van der Waals surface area contributed by atoms with Gasteiger partial charge in [-0.1, -0.05) is 0 Å². The number of nitrogens with zero attached hydrogens (tertiary/aromatic N) is 1. The molecule has 0 spiro atoms. The number of aliphatic hydroxyl groups is 1. The van der Waals surface area contributed by atoms with Crippen LogP contribution < -0.4 is 4.72 Å². The summed E-state index contributed by atoms with van der Waals surface area (Å²) in [6.07, 6.45) is -4.14. The minimum absolute atomic E-state index is 0.120. The molecule has 0 atom stereocenters. The van der Waals surface area contributed by atoms with Gasteiger partial charge in [0, 0.05) is 26.7 Å². The molecule has 0 saturated heterocycles. The van der Waals surface area contributed by atoms with Gasteiger partial charge in [-0.05, 0) is 6.42 Å². The third-order valence-corrected chi connectivity index (χ3v) is 3.41. The molecule has 0 bridgehead atoms. The number of aliphatic hydroxyl groups excluding tert-OH is 1. The van der Waals surface area contributed by atoms with Crippen molar-refractivity contribution in [2.45, 2.75) is 12.6 Å². The summed E-state index contributed by atoms with van der Waals surface area (Å²) in [5.74, 6) is 0. The zero-order chi connectivity index (χ0) is 14.2. The van der Waals surface area contributed by atoms with Crippen LogP contribution in [0.1, 0.15) is 6.42 Å². The van der Waals surface area contributed by atoms with E-state index in [1.54, 1.807) is 0 Å². The molecule has 6 nitrogen and oxygen atoms in total. The Morgan fingerprint density at radius 3 is 2.50 bits per heavy atom. The van der Waals surface area contributed by atoms with Crippen molar-refractivity contribution in [1.82, 2.24) is 9.03 Å². The van der Waals surface area contributed by atoms with Crippen molar-refractivity contribution in [2.75, 3.05) is 40.0 Å². The smallest absolute Gasteiger partial charge is 0.396 e. The standard InChI is InChI=1S/C8H17F3N2O4S/c1-13(4-2-5-14)18(15,16)12-3-6-17-7-8(9,10)11/h12,14H,2-7H2,1H3. The molecule has 18 heavy (non-hydrogen) atoms. The minimum Gasteiger partial charge on any atom is -0.396 e. The van der Waals surface area contributed by atoms with Crippen LogP contribution in [0.3, 0.4) is 0 Å². The number of nitrogens with one attached hydrogen (secondary N) is 1. The number of alkyl halides is 3. The molecular weight excluding hydrogens is 277 g/mol. The monoisotopic (exact) mass is 294 g/mol. The van der Waals surface area contributed by atoms with E-state index in [1.165, 1.54) is 7.05 Å². The maximum Gasteiger partial charge on any atom is 0.411 e. The first-order valence-electron chi connectivity index (χ1n) is 5.15. The van der Waals surface area contributed by atoms with Crippen LogP contribution >= 0.6 is 0 Å². The van der Waals surface area contributed by atoms with Gasteiger partial charge in [-0.3, -0.25) is 0 Å². The quantitative estimate of drug-likeness (QED) is 0.573. The van der Waals surface area contributed by atoms with Crippen LogP contribution in [0.5, 0.6) is 0 Å². The van der Waals surface area contributed by atoms with Crippen LogP contribution in [0.4, 0.5) is 13.2 Å². The molecule has 2 N–H and O–H groups in total. The van der Waals surface area contributed by atoms with Crippen molar-refractivity contribution in [3.05, 3.63) is 0 Å². The van der Waals surface area contributed by atoms with Crippen molar-refractivity contribution < 1.29 is 31.4 Å². The minimum atomic E-state index is -4.42. The van der Waals surface area contributed by atoms with Crippen LogP contribution in [-0.2, 0) is 14.9 Å². The molecule has 0 amide bonds. The lowest BCUT2D eigenvalue weighted by Gasteiger charge is -2.17. The Morgan fingerprint density at radius 1 is 1.39 bits per heavy atom. The molecule has 0 aromatic heterocycles. The molecule has 0 radical (unpaired) electrons. The van der Waals surface area contributed by atoms with E-state index in [-0.39, 0.29) is 32.7 Å². The summed E-state index contributed by atoms with van der Waals surface area (Å²) in [5, 5.41) is 8.53. The number of rotatable bonds is 9. The Bertz CT molecular complexity index is 321. The fraction of sp³-hybridized carbons (Fsp3) is 1.00. The zero-order valence-corrected chi connectivity index (χ0v) is 10.7. The highest BCUT2D eigenvalue weighted by atomic mass is 32.2. The lowest BCUT2D eigenvalue weighted by molar-refractivity contribution is -0.173. The summed E-state index contributed by atoms with van der Waals surface area (Å²) in [4.78, 5) is 0. The Labute approximate surface area is 104 Å². The highest BCUT2D eigenvalue weighted by Crippen LogP contribution is 2.13. The van der Waals surface area contributed by atoms with E-state index in [0.717, 1.165) is 4.31 Å². The summed E-state index contributed by atoms with van der Waals surface area (Å²) < 4.78 is 65.3. The number of halogens is 3. The van der Waals surface area contributed by atoms with Crippen LogP contribution in [0.15, 0.2) is 0 Å². The van der Waals surface area contributed by atoms with E-state index < -0.39 is 23.0 Å². The summed E-state index contributed by atoms with van der Waals surface area (Å²) in [7, 11) is -2.44. The van der Waals surface area contributed by atoms with Gasteiger partial charge in [-0.15, -0.1) is 0 Å². The molecule has 0 aromatic carbocycles. The van der Waals surface area contributed by atoms with Crippen LogP contribution in [0.2, 0.25) is 0 Å². The van der Waals surface area contributed by atoms with Gasteiger partial charge in [0.15, 0.2) is 0 Å². The van der Waals surface area contributed by atoms with Gasteiger partial charge in [0.2, 0.25) is 0 Å². The first-order valence-corrected chi connectivity index (χ1v) is 6.59. The van der Waals surface area contributed by atoms with Gasteiger partial charge < -0.3 is 9.84 Å². The van der Waals surface area contributed by atoms with Gasteiger partial charge in [-0.25, -0.2) is 0 Å². The molecule has 0 saturated carbocycles. The Balaban J connectivity index is 3.84. The average Bonchev–Trinajstić information content (AvgIpc) is 2.23. The predicted molar refractivity (Wildman–Crippen MR) is 58.1 cm³/mol. The van der Waals surface area contributed by atoms with Gasteiger partial charge >= 0.3 is 6.18 Å². The molecule has 0 heterocycles.